The van der Waals surface area contributed by atoms with Crippen molar-refractivity contribution in [2.75, 3.05) is 39.4 Å². The Morgan fingerprint density at radius 2 is 2.00 bits per heavy atom. The highest BCUT2D eigenvalue weighted by molar-refractivity contribution is 5.76. The second kappa shape index (κ2) is 7.93. The normalized spacial score (nSPS) is 19.5. The lowest BCUT2D eigenvalue weighted by molar-refractivity contribution is -0.146. The summed E-state index contributed by atoms with van der Waals surface area (Å²) in [4.78, 5) is 24.0. The predicted octanol–water partition coefficient (Wildman–Crippen LogP) is -1.55. The van der Waals surface area contributed by atoms with Gasteiger partial charge in [-0.15, -0.1) is 0 Å². The van der Waals surface area contributed by atoms with Crippen molar-refractivity contribution < 1.29 is 24.5 Å². The predicted molar refractivity (Wildman–Crippen MR) is 66.9 cm³/mol. The summed E-state index contributed by atoms with van der Waals surface area (Å²) in [6, 6.07) is -0.555. The summed E-state index contributed by atoms with van der Waals surface area (Å²) in [5, 5.41) is 22.5. The van der Waals surface area contributed by atoms with Crippen molar-refractivity contribution in [3.05, 3.63) is 0 Å². The van der Waals surface area contributed by atoms with Crippen molar-refractivity contribution in [3.63, 3.8) is 0 Å². The van der Waals surface area contributed by atoms with E-state index in [2.05, 4.69) is 15.5 Å². The van der Waals surface area contributed by atoms with Gasteiger partial charge in [0.2, 0.25) is 0 Å². The maximum Gasteiger partial charge on any atom is 0.334 e. The molecule has 0 aromatic carbocycles. The number of hydrogen-bond acceptors (Lipinski definition) is 5. The first-order valence-corrected chi connectivity index (χ1v) is 6.24. The van der Waals surface area contributed by atoms with E-state index in [1.807, 2.05) is 6.92 Å². The van der Waals surface area contributed by atoms with Crippen LogP contribution < -0.4 is 10.6 Å². The minimum atomic E-state index is -1.58. The second-order valence-corrected chi connectivity index (χ2v) is 4.52. The molecule has 1 rings (SSSR count). The Balaban J connectivity index is 2.18. The first kappa shape index (κ1) is 15.7. The summed E-state index contributed by atoms with van der Waals surface area (Å²) >= 11 is 0. The number of ether oxygens (including phenoxy) is 1. The van der Waals surface area contributed by atoms with E-state index < -0.39 is 18.1 Å². The Hall–Kier alpha value is -1.38. The molecule has 1 fully saturated rings. The van der Waals surface area contributed by atoms with E-state index in [4.69, 9.17) is 14.9 Å². The molecule has 0 aromatic heterocycles. The number of carboxylic acids is 1. The third-order valence-corrected chi connectivity index (χ3v) is 2.75. The Kier molecular flexibility index (Phi) is 6.54. The lowest BCUT2D eigenvalue weighted by Crippen LogP contribution is -2.50. The number of carbonyl (C=O) groups is 2. The van der Waals surface area contributed by atoms with Crippen LogP contribution in [0.5, 0.6) is 0 Å². The third kappa shape index (κ3) is 6.37. The number of aliphatic hydroxyl groups is 1. The van der Waals surface area contributed by atoms with Gasteiger partial charge in [-0.25, -0.2) is 9.59 Å². The van der Waals surface area contributed by atoms with Gasteiger partial charge in [0.05, 0.1) is 19.8 Å². The molecule has 0 aliphatic carbocycles. The minimum Gasteiger partial charge on any atom is -0.479 e. The van der Waals surface area contributed by atoms with Crippen LogP contribution in [0, 0.1) is 0 Å². The molecule has 1 saturated heterocycles. The van der Waals surface area contributed by atoms with Crippen molar-refractivity contribution in [2.45, 2.75) is 19.1 Å². The third-order valence-electron chi connectivity index (χ3n) is 2.75. The lowest BCUT2D eigenvalue weighted by atomic mass is 10.3. The molecule has 2 atom stereocenters. The minimum absolute atomic E-state index is 0.0694. The number of aliphatic carboxylic acids is 1. The zero-order chi connectivity index (χ0) is 14.3. The van der Waals surface area contributed by atoms with E-state index in [1.54, 1.807) is 0 Å². The van der Waals surface area contributed by atoms with Gasteiger partial charge in [-0.05, 0) is 6.92 Å². The van der Waals surface area contributed by atoms with E-state index in [1.165, 1.54) is 0 Å². The Morgan fingerprint density at radius 1 is 1.37 bits per heavy atom. The van der Waals surface area contributed by atoms with Crippen molar-refractivity contribution >= 4 is 12.0 Å². The van der Waals surface area contributed by atoms with Gasteiger partial charge >= 0.3 is 12.0 Å². The number of morpholine rings is 1. The first-order chi connectivity index (χ1) is 8.99. The molecule has 0 bridgehead atoms. The van der Waals surface area contributed by atoms with Crippen LogP contribution in [-0.2, 0) is 9.53 Å². The van der Waals surface area contributed by atoms with Gasteiger partial charge in [0, 0.05) is 25.7 Å². The molecule has 0 radical (unpaired) electrons. The molecular formula is C11H21N3O5. The fourth-order valence-corrected chi connectivity index (χ4v) is 1.77. The maximum absolute atomic E-state index is 11.5. The van der Waals surface area contributed by atoms with Crippen molar-refractivity contribution in [2.24, 2.45) is 0 Å². The molecule has 1 aliphatic rings. The van der Waals surface area contributed by atoms with Crippen LogP contribution in [0.1, 0.15) is 6.92 Å². The van der Waals surface area contributed by atoms with Crippen molar-refractivity contribution in [1.82, 2.24) is 15.5 Å². The smallest absolute Gasteiger partial charge is 0.334 e. The van der Waals surface area contributed by atoms with Crippen LogP contribution in [0.3, 0.4) is 0 Å². The first-order valence-electron chi connectivity index (χ1n) is 6.24. The molecular weight excluding hydrogens is 254 g/mol. The van der Waals surface area contributed by atoms with Gasteiger partial charge in [0.15, 0.2) is 6.10 Å². The number of aliphatic hydroxyl groups excluding tert-OH is 1. The highest BCUT2D eigenvalue weighted by Gasteiger charge is 2.17. The molecule has 2 unspecified atom stereocenters. The second-order valence-electron chi connectivity index (χ2n) is 4.52. The van der Waals surface area contributed by atoms with Crippen LogP contribution in [0.2, 0.25) is 0 Å². The highest BCUT2D eigenvalue weighted by atomic mass is 16.5. The summed E-state index contributed by atoms with van der Waals surface area (Å²) < 4.78 is 5.22. The quantitative estimate of drug-likeness (QED) is 0.467. The van der Waals surface area contributed by atoms with Gasteiger partial charge in [-0.2, -0.15) is 0 Å². The molecule has 2 amide bonds. The lowest BCUT2D eigenvalue weighted by Gasteiger charge is -2.29. The van der Waals surface area contributed by atoms with Crippen LogP contribution in [0.15, 0.2) is 0 Å². The number of carbonyl (C=O) groups excluding carboxylic acids is 1. The van der Waals surface area contributed by atoms with E-state index in [-0.39, 0.29) is 12.6 Å². The molecule has 0 spiro atoms. The molecule has 110 valence electrons. The molecule has 8 heteroatoms. The summed E-state index contributed by atoms with van der Waals surface area (Å²) in [6.45, 7) is 5.33. The number of nitrogens with zero attached hydrogens (tertiary/aromatic N) is 1. The number of nitrogens with one attached hydrogen (secondary N) is 2. The monoisotopic (exact) mass is 275 g/mol. The van der Waals surface area contributed by atoms with Gasteiger partial charge in [0.1, 0.15) is 0 Å². The van der Waals surface area contributed by atoms with Crippen LogP contribution >= 0.6 is 0 Å². The van der Waals surface area contributed by atoms with E-state index in [0.29, 0.717) is 19.8 Å². The van der Waals surface area contributed by atoms with Gasteiger partial charge < -0.3 is 25.6 Å². The highest BCUT2D eigenvalue weighted by Crippen LogP contribution is 1.98. The fraction of sp³-hybridized carbons (Fsp3) is 0.818. The zero-order valence-electron chi connectivity index (χ0n) is 11.0. The SMILES string of the molecule is CC(CN1CCOCC1)NC(=O)NCC(O)C(=O)O. The number of carboxylic acid groups (broad SMARTS) is 1. The topological polar surface area (TPSA) is 111 Å². The number of urea groups is 1. The number of amides is 2. The largest absolute Gasteiger partial charge is 0.479 e. The summed E-state index contributed by atoms with van der Waals surface area (Å²) in [6.07, 6.45) is -1.58. The Bertz CT molecular complexity index is 307. The van der Waals surface area contributed by atoms with Crippen LogP contribution in [-0.4, -0.2) is 78.7 Å². The van der Waals surface area contributed by atoms with E-state index in [0.717, 1.165) is 13.1 Å². The zero-order valence-corrected chi connectivity index (χ0v) is 11.0. The molecule has 0 aromatic rings. The maximum atomic E-state index is 11.5. The molecule has 4 N–H and O–H groups in total. The number of hydrogen-bond donors (Lipinski definition) is 4. The standard InChI is InChI=1S/C11H21N3O5/c1-8(7-14-2-4-19-5-3-14)13-11(18)12-6-9(15)10(16)17/h8-9,15H,2-7H2,1H3,(H,16,17)(H2,12,13,18). The van der Waals surface area contributed by atoms with Gasteiger partial charge in [0.25, 0.3) is 0 Å². The number of rotatable bonds is 6. The molecule has 1 aliphatic heterocycles. The fourth-order valence-electron chi connectivity index (χ4n) is 1.77. The molecule has 19 heavy (non-hydrogen) atoms. The average Bonchev–Trinajstić information content (AvgIpc) is 2.36. The average molecular weight is 275 g/mol. The van der Waals surface area contributed by atoms with Crippen molar-refractivity contribution in [1.29, 1.82) is 0 Å². The van der Waals surface area contributed by atoms with E-state index in [9.17, 15) is 9.59 Å². The van der Waals surface area contributed by atoms with E-state index >= 15 is 0 Å². The van der Waals surface area contributed by atoms with Gasteiger partial charge in [-0.3, -0.25) is 4.90 Å². The molecule has 8 nitrogen and oxygen atoms in total. The summed E-state index contributed by atoms with van der Waals surface area (Å²) in [5.74, 6) is -1.36. The Labute approximate surface area is 111 Å². The summed E-state index contributed by atoms with van der Waals surface area (Å²) in [7, 11) is 0. The Morgan fingerprint density at radius 3 is 2.58 bits per heavy atom. The van der Waals surface area contributed by atoms with Gasteiger partial charge in [-0.1, -0.05) is 0 Å². The van der Waals surface area contributed by atoms with Crippen LogP contribution in [0.4, 0.5) is 4.79 Å². The van der Waals surface area contributed by atoms with Crippen molar-refractivity contribution in [3.8, 4) is 0 Å². The summed E-state index contributed by atoms with van der Waals surface area (Å²) in [5.41, 5.74) is 0. The molecule has 0 saturated carbocycles. The molecule has 1 heterocycles. The van der Waals surface area contributed by atoms with Crippen LogP contribution in [0.25, 0.3) is 0 Å².